The van der Waals surface area contributed by atoms with Gasteiger partial charge in [-0.15, -0.1) is 11.3 Å². The van der Waals surface area contributed by atoms with Gasteiger partial charge in [0.2, 0.25) is 0 Å². The van der Waals surface area contributed by atoms with E-state index in [4.69, 9.17) is 24.4 Å². The van der Waals surface area contributed by atoms with Crippen molar-refractivity contribution in [1.82, 2.24) is 37.9 Å². The maximum Gasteiger partial charge on any atom is 0.180 e. The number of rotatable bonds is 8. The van der Waals surface area contributed by atoms with E-state index >= 15 is 0 Å². The quantitative estimate of drug-likeness (QED) is 0.151. The van der Waals surface area contributed by atoms with Crippen molar-refractivity contribution >= 4 is 195 Å². The lowest BCUT2D eigenvalue weighted by Crippen LogP contribution is -1.96. The number of para-hydroxylation sites is 5. The molecule has 0 aliphatic carbocycles. The summed E-state index contributed by atoms with van der Waals surface area (Å²) in [4.78, 5) is 21.1. The number of nitrogens with zero attached hydrogens (tertiary/aromatic N) is 8. The fourth-order valence-corrected chi connectivity index (χ4v) is 21.5. The summed E-state index contributed by atoms with van der Waals surface area (Å²) in [7, 11) is 0. The first kappa shape index (κ1) is 66.9. The van der Waals surface area contributed by atoms with Gasteiger partial charge >= 0.3 is 0 Å². The van der Waals surface area contributed by atoms with Crippen LogP contribution in [0, 0.1) is 0 Å². The van der Waals surface area contributed by atoms with E-state index < -0.39 is 0 Å². The molecule has 10 aromatic heterocycles. The number of thiophene rings is 1. The molecule has 564 valence electrons. The Bertz CT molecular complexity index is 8700. The summed E-state index contributed by atoms with van der Waals surface area (Å²) >= 11 is 1.77. The molecular formula is C112H64N8OS. The SMILES string of the molecule is c1ccc(-c2ccc(-c3nc(-c4ccc(-n5c6ccccc6c6cc7c8c9ccccc9ccc8n8c9ccccc9c(c65)c78)cc4)nc4c3oc3ccccc34)cc2)cc1.c1ccc(-c2ccc(-c3nc(-c4ccc(-n5c6ccccc6c6cc7c8c9ccccc9ccc8n8c9ccccc9c(c65)c78)cc4)nc4c3sc3ccccc34)cc2)cc1. The first-order valence-electron chi connectivity index (χ1n) is 41.5. The molecule has 0 atom stereocenters. The molecule has 0 saturated carbocycles. The molecule has 0 bridgehead atoms. The highest BCUT2D eigenvalue weighted by molar-refractivity contribution is 7.26. The van der Waals surface area contributed by atoms with E-state index in [-0.39, 0.29) is 0 Å². The highest BCUT2D eigenvalue weighted by atomic mass is 32.1. The van der Waals surface area contributed by atoms with Crippen molar-refractivity contribution in [1.29, 1.82) is 0 Å². The van der Waals surface area contributed by atoms with Crippen molar-refractivity contribution in [2.75, 3.05) is 0 Å². The van der Waals surface area contributed by atoms with Crippen LogP contribution in [0.1, 0.15) is 0 Å². The fraction of sp³-hybridized carbons (Fsp3) is 0. The van der Waals surface area contributed by atoms with Gasteiger partial charge in [0.05, 0.1) is 71.1 Å². The Labute approximate surface area is 699 Å². The number of aromatic nitrogens is 8. The second-order valence-electron chi connectivity index (χ2n) is 32.2. The van der Waals surface area contributed by atoms with Gasteiger partial charge < -0.3 is 22.4 Å². The van der Waals surface area contributed by atoms with Crippen molar-refractivity contribution in [3.63, 3.8) is 0 Å². The standard InChI is InChI=1S/C56H32N4O.C56H32N4S/c2*1-2-12-33(13-3-1)34-22-24-36(25-23-34)51-55-52(42-18-8-11-21-48(42)61-55)58-56(57-51)37-26-29-38(30-27-37)59-45-19-9-6-16-40(45)43-32-44-49-39-15-5-4-14-35(39)28-31-47(49)60-46-20-10-7-17-41(46)50(53(43)59)54(44)60/h2*1-32H. The van der Waals surface area contributed by atoms with Crippen molar-refractivity contribution in [3.05, 3.63) is 388 Å². The van der Waals surface area contributed by atoms with Gasteiger partial charge in [-0.05, 0) is 159 Å². The average Bonchev–Trinajstić information content (AvgIpc) is 1.51. The number of benzene rings is 18. The molecular weight excluding hydrogens is 1510 g/mol. The Morgan fingerprint density at radius 1 is 0.230 bits per heavy atom. The first-order chi connectivity index (χ1) is 60.5. The average molecular weight is 1570 g/mol. The number of fused-ring (bicyclic) bond motifs is 30. The molecule has 28 aromatic rings. The van der Waals surface area contributed by atoms with Crippen LogP contribution in [0.25, 0.3) is 263 Å². The van der Waals surface area contributed by atoms with Gasteiger partial charge in [-0.2, -0.15) is 0 Å². The first-order valence-corrected chi connectivity index (χ1v) is 42.3. The number of hydrogen-bond acceptors (Lipinski definition) is 6. The predicted molar refractivity (Wildman–Crippen MR) is 510 cm³/mol. The lowest BCUT2D eigenvalue weighted by Gasteiger charge is -2.11. The summed E-state index contributed by atoms with van der Waals surface area (Å²) < 4.78 is 18.7. The molecule has 0 radical (unpaired) electrons. The Kier molecular flexibility index (Phi) is 14.1. The topological polar surface area (TPSA) is 83.4 Å². The third kappa shape index (κ3) is 9.63. The highest BCUT2D eigenvalue weighted by Gasteiger charge is 2.29. The Balaban J connectivity index is 0.000000128. The molecule has 10 heterocycles. The van der Waals surface area contributed by atoms with Gasteiger partial charge in [0.1, 0.15) is 16.8 Å². The Morgan fingerprint density at radius 2 is 0.615 bits per heavy atom. The van der Waals surface area contributed by atoms with Gasteiger partial charge in [-0.3, -0.25) is 0 Å². The van der Waals surface area contributed by atoms with Crippen molar-refractivity contribution in [2.24, 2.45) is 0 Å². The van der Waals surface area contributed by atoms with Crippen LogP contribution in [-0.2, 0) is 0 Å². The van der Waals surface area contributed by atoms with Crippen LogP contribution in [-0.4, -0.2) is 37.9 Å². The number of furan rings is 1. The normalized spacial score (nSPS) is 12.3. The maximum absolute atomic E-state index is 6.49. The van der Waals surface area contributed by atoms with Crippen molar-refractivity contribution in [3.8, 4) is 78.9 Å². The van der Waals surface area contributed by atoms with Crippen LogP contribution in [0.5, 0.6) is 0 Å². The minimum atomic E-state index is 0.654. The molecule has 9 nitrogen and oxygen atoms in total. The second-order valence-corrected chi connectivity index (χ2v) is 33.2. The molecule has 0 aliphatic rings. The van der Waals surface area contributed by atoms with E-state index in [0.29, 0.717) is 11.4 Å². The highest BCUT2D eigenvalue weighted by Crippen LogP contribution is 2.52. The van der Waals surface area contributed by atoms with Crippen LogP contribution in [0.15, 0.2) is 393 Å². The summed E-state index contributed by atoms with van der Waals surface area (Å²) in [5.74, 6) is 1.37. The van der Waals surface area contributed by atoms with Gasteiger partial charge in [0.15, 0.2) is 17.2 Å². The third-order valence-electron chi connectivity index (χ3n) is 25.7. The molecule has 0 N–H and O–H groups in total. The fourth-order valence-electron chi connectivity index (χ4n) is 20.3. The minimum absolute atomic E-state index is 0.654. The molecule has 0 unspecified atom stereocenters. The molecule has 0 aliphatic heterocycles. The molecule has 0 fully saturated rings. The molecule has 0 amide bonds. The number of hydrogen-bond donors (Lipinski definition) is 0. The van der Waals surface area contributed by atoms with Crippen LogP contribution in [0.2, 0.25) is 0 Å². The summed E-state index contributed by atoms with van der Waals surface area (Å²) in [6.07, 6.45) is 0. The van der Waals surface area contributed by atoms with E-state index in [0.717, 1.165) is 88.5 Å². The maximum atomic E-state index is 6.49. The van der Waals surface area contributed by atoms with Gasteiger partial charge in [-0.1, -0.05) is 273 Å². The van der Waals surface area contributed by atoms with Gasteiger partial charge in [0, 0.05) is 114 Å². The zero-order chi connectivity index (χ0) is 79.5. The molecule has 122 heavy (non-hydrogen) atoms. The van der Waals surface area contributed by atoms with E-state index in [1.54, 1.807) is 11.3 Å². The summed E-state index contributed by atoms with van der Waals surface area (Å²) in [6, 6.07) is 140. The van der Waals surface area contributed by atoms with Gasteiger partial charge in [-0.25, -0.2) is 19.9 Å². The molecule has 0 saturated heterocycles. The largest absolute Gasteiger partial charge is 0.452 e. The lowest BCUT2D eigenvalue weighted by molar-refractivity contribution is 0.667. The van der Waals surface area contributed by atoms with Crippen LogP contribution >= 0.6 is 11.3 Å². The minimum Gasteiger partial charge on any atom is -0.452 e. The van der Waals surface area contributed by atoms with Crippen LogP contribution < -0.4 is 0 Å². The molecule has 0 spiro atoms. The molecule has 10 heteroatoms. The van der Waals surface area contributed by atoms with E-state index in [2.05, 4.69) is 382 Å². The molecule has 28 rings (SSSR count). The third-order valence-corrected chi connectivity index (χ3v) is 26.9. The Hall–Kier alpha value is -16.1. The van der Waals surface area contributed by atoms with Crippen LogP contribution in [0.4, 0.5) is 0 Å². The van der Waals surface area contributed by atoms with E-state index in [9.17, 15) is 0 Å². The van der Waals surface area contributed by atoms with Crippen molar-refractivity contribution < 1.29 is 4.42 Å². The predicted octanol–water partition coefficient (Wildman–Crippen LogP) is 30.0. The van der Waals surface area contributed by atoms with Gasteiger partial charge in [0.25, 0.3) is 0 Å². The van der Waals surface area contributed by atoms with E-state index in [1.165, 1.54) is 163 Å². The second kappa shape index (κ2) is 25.7. The van der Waals surface area contributed by atoms with E-state index in [1.807, 2.05) is 24.3 Å². The monoisotopic (exact) mass is 1570 g/mol. The van der Waals surface area contributed by atoms with Crippen molar-refractivity contribution in [2.45, 2.75) is 0 Å². The Morgan fingerprint density at radius 3 is 1.13 bits per heavy atom. The molecule has 18 aromatic carbocycles. The van der Waals surface area contributed by atoms with Crippen LogP contribution in [0.3, 0.4) is 0 Å². The summed E-state index contributed by atoms with van der Waals surface area (Å²) in [5, 5.41) is 22.5. The lowest BCUT2D eigenvalue weighted by atomic mass is 10.00. The smallest absolute Gasteiger partial charge is 0.180 e. The zero-order valence-corrected chi connectivity index (χ0v) is 66.2. The summed E-state index contributed by atoms with van der Waals surface area (Å²) in [6.45, 7) is 0. The summed E-state index contributed by atoms with van der Waals surface area (Å²) in [5.41, 5.74) is 28.1. The zero-order valence-electron chi connectivity index (χ0n) is 65.3.